The van der Waals surface area contributed by atoms with Crippen molar-refractivity contribution < 1.29 is 28.5 Å². The standard InChI is InChI=1S/C31H28N2O6/c1-22-8-11-25(12-9-22)31(35)39-28-17-10-24(18-29(28)36-2)19-32-33-30(34)21-38-27-15-13-26(14-16-27)37-20-23-6-4-3-5-7-23/h3-19H,20-21H2,1-2H3,(H,33,34)/b32-19-. The second-order valence-corrected chi connectivity index (χ2v) is 8.49. The maximum absolute atomic E-state index is 12.4. The predicted molar refractivity (Wildman–Crippen MR) is 148 cm³/mol. The fourth-order valence-electron chi connectivity index (χ4n) is 3.43. The Labute approximate surface area is 226 Å². The molecule has 4 rings (SSSR count). The molecule has 198 valence electrons. The van der Waals surface area contributed by atoms with Crippen LogP contribution in [0.4, 0.5) is 0 Å². The van der Waals surface area contributed by atoms with E-state index in [9.17, 15) is 9.59 Å². The second kappa shape index (κ2) is 13.4. The van der Waals surface area contributed by atoms with Gasteiger partial charge in [-0.1, -0.05) is 48.0 Å². The van der Waals surface area contributed by atoms with Crippen LogP contribution >= 0.6 is 0 Å². The summed E-state index contributed by atoms with van der Waals surface area (Å²) >= 11 is 0. The Morgan fingerprint density at radius 2 is 1.51 bits per heavy atom. The van der Waals surface area contributed by atoms with Crippen molar-refractivity contribution in [2.24, 2.45) is 5.10 Å². The molecule has 0 radical (unpaired) electrons. The molecular formula is C31H28N2O6. The van der Waals surface area contributed by atoms with Gasteiger partial charge in [-0.15, -0.1) is 0 Å². The molecule has 0 heterocycles. The number of esters is 1. The van der Waals surface area contributed by atoms with Gasteiger partial charge >= 0.3 is 5.97 Å². The number of hydrazone groups is 1. The molecule has 0 atom stereocenters. The van der Waals surface area contributed by atoms with E-state index in [1.54, 1.807) is 54.6 Å². The number of benzene rings is 4. The Morgan fingerprint density at radius 1 is 0.821 bits per heavy atom. The summed E-state index contributed by atoms with van der Waals surface area (Å²) in [6.45, 7) is 2.20. The molecule has 0 aliphatic rings. The van der Waals surface area contributed by atoms with Crippen LogP contribution in [0.3, 0.4) is 0 Å². The summed E-state index contributed by atoms with van der Waals surface area (Å²) in [4.78, 5) is 24.5. The molecule has 1 amide bonds. The average Bonchev–Trinajstić information content (AvgIpc) is 2.97. The van der Waals surface area contributed by atoms with Gasteiger partial charge in [0.2, 0.25) is 0 Å². The number of hydrogen-bond donors (Lipinski definition) is 1. The molecule has 39 heavy (non-hydrogen) atoms. The first-order valence-electron chi connectivity index (χ1n) is 12.2. The number of methoxy groups -OCH3 is 1. The maximum Gasteiger partial charge on any atom is 0.343 e. The molecule has 4 aromatic rings. The van der Waals surface area contributed by atoms with Crippen LogP contribution in [-0.4, -0.2) is 31.8 Å². The Kier molecular flexibility index (Phi) is 9.28. The van der Waals surface area contributed by atoms with Crippen molar-refractivity contribution in [1.29, 1.82) is 0 Å². The van der Waals surface area contributed by atoms with E-state index in [0.717, 1.165) is 11.1 Å². The molecule has 1 N–H and O–H groups in total. The smallest absolute Gasteiger partial charge is 0.343 e. The third-order valence-electron chi connectivity index (χ3n) is 5.52. The van der Waals surface area contributed by atoms with E-state index in [1.165, 1.54) is 13.3 Å². The van der Waals surface area contributed by atoms with Crippen molar-refractivity contribution in [3.05, 3.63) is 119 Å². The van der Waals surface area contributed by atoms with Gasteiger partial charge in [-0.25, -0.2) is 10.2 Å². The normalized spacial score (nSPS) is 10.6. The highest BCUT2D eigenvalue weighted by atomic mass is 16.6. The summed E-state index contributed by atoms with van der Waals surface area (Å²) in [5, 5.41) is 3.96. The van der Waals surface area contributed by atoms with E-state index in [-0.39, 0.29) is 12.4 Å². The van der Waals surface area contributed by atoms with Crippen molar-refractivity contribution in [1.82, 2.24) is 5.43 Å². The highest BCUT2D eigenvalue weighted by molar-refractivity contribution is 5.91. The number of aryl methyl sites for hydroxylation is 1. The van der Waals surface area contributed by atoms with Gasteiger partial charge in [0.25, 0.3) is 5.91 Å². The first-order chi connectivity index (χ1) is 19.0. The van der Waals surface area contributed by atoms with Gasteiger partial charge in [0, 0.05) is 0 Å². The first-order valence-corrected chi connectivity index (χ1v) is 12.2. The number of nitrogens with one attached hydrogen (secondary N) is 1. The van der Waals surface area contributed by atoms with E-state index < -0.39 is 11.9 Å². The zero-order valence-corrected chi connectivity index (χ0v) is 21.6. The van der Waals surface area contributed by atoms with Gasteiger partial charge in [-0.3, -0.25) is 4.79 Å². The Balaban J connectivity index is 1.23. The topological polar surface area (TPSA) is 95.5 Å². The lowest BCUT2D eigenvalue weighted by Gasteiger charge is -2.10. The summed E-state index contributed by atoms with van der Waals surface area (Å²) in [7, 11) is 1.47. The zero-order valence-electron chi connectivity index (χ0n) is 21.6. The van der Waals surface area contributed by atoms with Gasteiger partial charge in [-0.2, -0.15) is 5.10 Å². The minimum Gasteiger partial charge on any atom is -0.493 e. The molecule has 0 saturated heterocycles. The van der Waals surface area contributed by atoms with E-state index >= 15 is 0 Å². The molecule has 0 aliphatic heterocycles. The van der Waals surface area contributed by atoms with Crippen LogP contribution < -0.4 is 24.4 Å². The number of hydrogen-bond acceptors (Lipinski definition) is 7. The highest BCUT2D eigenvalue weighted by Crippen LogP contribution is 2.28. The molecule has 0 aliphatic carbocycles. The molecule has 8 nitrogen and oxygen atoms in total. The van der Waals surface area contributed by atoms with E-state index in [1.807, 2.05) is 49.4 Å². The minimum atomic E-state index is -0.490. The number of nitrogens with zero attached hydrogens (tertiary/aromatic N) is 1. The van der Waals surface area contributed by atoms with Crippen LogP contribution in [0.25, 0.3) is 0 Å². The van der Waals surface area contributed by atoms with Gasteiger partial charge < -0.3 is 18.9 Å². The summed E-state index contributed by atoms with van der Waals surface area (Å²) < 4.78 is 22.1. The third kappa shape index (κ3) is 8.19. The summed E-state index contributed by atoms with van der Waals surface area (Å²) in [5.74, 6) is 0.940. The lowest BCUT2D eigenvalue weighted by atomic mass is 10.1. The van der Waals surface area contributed by atoms with Crippen LogP contribution in [0.2, 0.25) is 0 Å². The lowest BCUT2D eigenvalue weighted by Crippen LogP contribution is -2.24. The summed E-state index contributed by atoms with van der Waals surface area (Å²) in [5.41, 5.74) is 5.61. The first kappa shape index (κ1) is 26.9. The summed E-state index contributed by atoms with van der Waals surface area (Å²) in [6.07, 6.45) is 1.45. The predicted octanol–water partition coefficient (Wildman–Crippen LogP) is 5.33. The zero-order chi connectivity index (χ0) is 27.5. The Bertz CT molecular complexity index is 1420. The molecule has 4 aromatic carbocycles. The molecule has 0 spiro atoms. The monoisotopic (exact) mass is 524 g/mol. The molecule has 8 heteroatoms. The third-order valence-corrected chi connectivity index (χ3v) is 5.52. The minimum absolute atomic E-state index is 0.210. The quantitative estimate of drug-likeness (QED) is 0.123. The van der Waals surface area contributed by atoms with Gasteiger partial charge in [-0.05, 0) is 72.6 Å². The molecule has 0 unspecified atom stereocenters. The van der Waals surface area contributed by atoms with Crippen molar-refractivity contribution >= 4 is 18.1 Å². The fraction of sp³-hybridized carbons (Fsp3) is 0.129. The highest BCUT2D eigenvalue weighted by Gasteiger charge is 2.13. The van der Waals surface area contributed by atoms with Crippen molar-refractivity contribution in [2.75, 3.05) is 13.7 Å². The van der Waals surface area contributed by atoms with Crippen molar-refractivity contribution in [2.45, 2.75) is 13.5 Å². The molecule has 0 bridgehead atoms. The van der Waals surface area contributed by atoms with Crippen molar-refractivity contribution in [3.8, 4) is 23.0 Å². The van der Waals surface area contributed by atoms with Crippen LogP contribution in [0.15, 0.2) is 102 Å². The number of amides is 1. The summed E-state index contributed by atoms with van der Waals surface area (Å²) in [6, 6.07) is 28.9. The van der Waals surface area contributed by atoms with Crippen molar-refractivity contribution in [3.63, 3.8) is 0 Å². The Morgan fingerprint density at radius 3 is 2.21 bits per heavy atom. The van der Waals surface area contributed by atoms with Gasteiger partial charge in [0.1, 0.15) is 18.1 Å². The number of carbonyl (C=O) groups excluding carboxylic acids is 2. The fourth-order valence-corrected chi connectivity index (χ4v) is 3.43. The van der Waals surface area contributed by atoms with E-state index in [4.69, 9.17) is 18.9 Å². The molecular weight excluding hydrogens is 496 g/mol. The van der Waals surface area contributed by atoms with E-state index in [0.29, 0.717) is 35.0 Å². The number of carbonyl (C=O) groups is 2. The molecule has 0 aromatic heterocycles. The van der Waals surface area contributed by atoms with Crippen LogP contribution in [0.5, 0.6) is 23.0 Å². The van der Waals surface area contributed by atoms with Crippen LogP contribution in [0.1, 0.15) is 27.0 Å². The number of rotatable bonds is 11. The lowest BCUT2D eigenvalue weighted by molar-refractivity contribution is -0.123. The van der Waals surface area contributed by atoms with Crippen LogP contribution in [-0.2, 0) is 11.4 Å². The largest absolute Gasteiger partial charge is 0.493 e. The molecule has 0 saturated carbocycles. The van der Waals surface area contributed by atoms with E-state index in [2.05, 4.69) is 10.5 Å². The van der Waals surface area contributed by atoms with Gasteiger partial charge in [0.15, 0.2) is 18.1 Å². The van der Waals surface area contributed by atoms with Gasteiger partial charge in [0.05, 0.1) is 18.9 Å². The SMILES string of the molecule is COc1cc(/C=N\NC(=O)COc2ccc(OCc3ccccc3)cc2)ccc1OC(=O)c1ccc(C)cc1. The Hall–Kier alpha value is -5.11. The average molecular weight is 525 g/mol. The second-order valence-electron chi connectivity index (χ2n) is 8.49. The van der Waals surface area contributed by atoms with Crippen LogP contribution in [0, 0.1) is 6.92 Å². The maximum atomic E-state index is 12.4. The molecule has 0 fully saturated rings. The number of ether oxygens (including phenoxy) is 4.